The van der Waals surface area contributed by atoms with E-state index in [9.17, 15) is 4.79 Å². The molecule has 1 amide bonds. The molecule has 0 spiro atoms. The fourth-order valence-corrected chi connectivity index (χ4v) is 3.59. The third-order valence-corrected chi connectivity index (χ3v) is 5.28. The van der Waals surface area contributed by atoms with Gasteiger partial charge in [0.25, 0.3) is 5.91 Å². The zero-order valence-corrected chi connectivity index (χ0v) is 16.2. The average Bonchev–Trinajstić information content (AvgIpc) is 2.76. The topological polar surface area (TPSA) is 45.2 Å². The molecule has 1 aromatic heterocycles. The molecule has 2 heterocycles. The van der Waals surface area contributed by atoms with Crippen molar-refractivity contribution >= 4 is 17.4 Å². The van der Waals surface area contributed by atoms with Crippen molar-refractivity contribution in [1.29, 1.82) is 0 Å². The predicted octanol–water partition coefficient (Wildman–Crippen LogP) is 5.30. The molecule has 1 fully saturated rings. The summed E-state index contributed by atoms with van der Waals surface area (Å²) in [6.07, 6.45) is 5.38. The van der Waals surface area contributed by atoms with Crippen molar-refractivity contribution in [2.75, 3.05) is 23.3 Å². The molecule has 4 heteroatoms. The smallest absolute Gasteiger partial charge is 0.257 e. The van der Waals surface area contributed by atoms with Crippen molar-refractivity contribution in [1.82, 2.24) is 4.98 Å². The number of pyridine rings is 1. The van der Waals surface area contributed by atoms with Crippen LogP contribution >= 0.6 is 0 Å². The molecule has 1 aliphatic heterocycles. The summed E-state index contributed by atoms with van der Waals surface area (Å²) in [5.74, 6) is 0.824. The molecule has 142 valence electrons. The fourth-order valence-electron chi connectivity index (χ4n) is 3.59. The first-order valence-corrected chi connectivity index (χ1v) is 9.89. The van der Waals surface area contributed by atoms with E-state index in [1.807, 2.05) is 49.4 Å². The number of anilines is 2. The van der Waals surface area contributed by atoms with E-state index < -0.39 is 0 Å². The summed E-state index contributed by atoms with van der Waals surface area (Å²) in [6.45, 7) is 4.09. The van der Waals surface area contributed by atoms with E-state index in [2.05, 4.69) is 33.4 Å². The maximum atomic E-state index is 12.7. The van der Waals surface area contributed by atoms with Gasteiger partial charge < -0.3 is 10.2 Å². The molecular weight excluding hydrogens is 346 g/mol. The number of aromatic nitrogens is 1. The predicted molar refractivity (Wildman–Crippen MR) is 115 cm³/mol. The molecule has 2 aromatic carbocycles. The Morgan fingerprint density at radius 3 is 2.43 bits per heavy atom. The van der Waals surface area contributed by atoms with Gasteiger partial charge in [0, 0.05) is 25.0 Å². The summed E-state index contributed by atoms with van der Waals surface area (Å²) < 4.78 is 0. The van der Waals surface area contributed by atoms with Gasteiger partial charge in [-0.25, -0.2) is 4.98 Å². The van der Waals surface area contributed by atoms with Gasteiger partial charge in [-0.1, -0.05) is 42.5 Å². The van der Waals surface area contributed by atoms with Crippen LogP contribution in [0.4, 0.5) is 11.5 Å². The highest BCUT2D eigenvalue weighted by atomic mass is 16.1. The van der Waals surface area contributed by atoms with E-state index in [-0.39, 0.29) is 5.91 Å². The van der Waals surface area contributed by atoms with E-state index in [0.717, 1.165) is 41.3 Å². The monoisotopic (exact) mass is 371 g/mol. The first-order chi connectivity index (χ1) is 13.7. The van der Waals surface area contributed by atoms with Crippen LogP contribution in [0, 0.1) is 6.92 Å². The summed E-state index contributed by atoms with van der Waals surface area (Å²) in [4.78, 5) is 19.5. The molecule has 0 aliphatic carbocycles. The quantitative estimate of drug-likeness (QED) is 0.677. The van der Waals surface area contributed by atoms with Crippen LogP contribution in [0.1, 0.15) is 35.2 Å². The van der Waals surface area contributed by atoms with Crippen molar-refractivity contribution in [3.8, 4) is 11.1 Å². The maximum Gasteiger partial charge on any atom is 0.257 e. The Morgan fingerprint density at radius 1 is 0.929 bits per heavy atom. The Balaban J connectivity index is 1.50. The number of hydrogen-bond donors (Lipinski definition) is 1. The number of nitrogens with one attached hydrogen (secondary N) is 1. The van der Waals surface area contributed by atoms with Gasteiger partial charge in [0.2, 0.25) is 0 Å². The van der Waals surface area contributed by atoms with Gasteiger partial charge in [0.1, 0.15) is 5.82 Å². The van der Waals surface area contributed by atoms with E-state index >= 15 is 0 Å². The summed E-state index contributed by atoms with van der Waals surface area (Å²) in [5, 5.41) is 3.04. The molecule has 1 N–H and O–H groups in total. The van der Waals surface area contributed by atoms with Crippen LogP contribution in [0.3, 0.4) is 0 Å². The Hall–Kier alpha value is -3.14. The lowest BCUT2D eigenvalue weighted by Gasteiger charge is -2.27. The number of amides is 1. The number of aryl methyl sites for hydroxylation is 1. The normalized spacial score (nSPS) is 14.0. The molecule has 0 saturated carbocycles. The van der Waals surface area contributed by atoms with Crippen LogP contribution in [-0.2, 0) is 0 Å². The first-order valence-electron chi connectivity index (χ1n) is 9.89. The van der Waals surface area contributed by atoms with E-state index in [0.29, 0.717) is 5.56 Å². The van der Waals surface area contributed by atoms with Crippen LogP contribution in [0.15, 0.2) is 66.9 Å². The largest absolute Gasteiger partial charge is 0.357 e. The lowest BCUT2D eigenvalue weighted by molar-refractivity contribution is 0.102. The SMILES string of the molecule is Cc1ccc(-c2ccccc2)cc1NC(=O)c1ccc(N2CCCCC2)nc1. The first kappa shape index (κ1) is 18.2. The minimum Gasteiger partial charge on any atom is -0.357 e. The van der Waals surface area contributed by atoms with Crippen LogP contribution < -0.4 is 10.2 Å². The Labute approximate surface area is 166 Å². The molecule has 0 bridgehead atoms. The van der Waals surface area contributed by atoms with Crippen LogP contribution in [0.25, 0.3) is 11.1 Å². The van der Waals surface area contributed by atoms with Crippen LogP contribution in [-0.4, -0.2) is 24.0 Å². The zero-order chi connectivity index (χ0) is 19.3. The molecule has 0 unspecified atom stereocenters. The highest BCUT2D eigenvalue weighted by molar-refractivity contribution is 6.04. The Morgan fingerprint density at radius 2 is 1.71 bits per heavy atom. The fraction of sp³-hybridized carbons (Fsp3) is 0.250. The standard InChI is InChI=1S/C24H25N3O/c1-18-10-11-20(19-8-4-2-5-9-19)16-22(18)26-24(28)21-12-13-23(25-17-21)27-14-6-3-7-15-27/h2,4-5,8-13,16-17H,3,6-7,14-15H2,1H3,(H,26,28). The van der Waals surface area contributed by atoms with Gasteiger partial charge in [-0.2, -0.15) is 0 Å². The van der Waals surface area contributed by atoms with Gasteiger partial charge in [-0.05, 0) is 61.1 Å². The van der Waals surface area contributed by atoms with Crippen LogP contribution in [0.2, 0.25) is 0 Å². The molecular formula is C24H25N3O. The molecule has 4 nitrogen and oxygen atoms in total. The Bertz CT molecular complexity index is 945. The molecule has 4 rings (SSSR count). The van der Waals surface area contributed by atoms with E-state index in [1.54, 1.807) is 6.20 Å². The minimum absolute atomic E-state index is 0.133. The zero-order valence-electron chi connectivity index (χ0n) is 16.2. The van der Waals surface area contributed by atoms with Crippen molar-refractivity contribution in [2.24, 2.45) is 0 Å². The number of carbonyl (C=O) groups is 1. The second-order valence-electron chi connectivity index (χ2n) is 7.30. The summed E-state index contributed by atoms with van der Waals surface area (Å²) in [7, 11) is 0. The van der Waals surface area contributed by atoms with E-state index in [4.69, 9.17) is 0 Å². The van der Waals surface area contributed by atoms with E-state index in [1.165, 1.54) is 19.3 Å². The molecule has 0 radical (unpaired) electrons. The lowest BCUT2D eigenvalue weighted by Crippen LogP contribution is -2.30. The van der Waals surface area contributed by atoms with Gasteiger partial charge in [0.05, 0.1) is 5.56 Å². The number of hydrogen-bond acceptors (Lipinski definition) is 3. The Kier molecular flexibility index (Phi) is 5.38. The third kappa shape index (κ3) is 4.06. The molecule has 28 heavy (non-hydrogen) atoms. The highest BCUT2D eigenvalue weighted by Crippen LogP contribution is 2.26. The molecule has 1 saturated heterocycles. The molecule has 3 aromatic rings. The van der Waals surface area contributed by atoms with Crippen molar-refractivity contribution in [3.05, 3.63) is 78.0 Å². The van der Waals surface area contributed by atoms with Crippen LogP contribution in [0.5, 0.6) is 0 Å². The average molecular weight is 371 g/mol. The van der Waals surface area contributed by atoms with Gasteiger partial charge >= 0.3 is 0 Å². The second kappa shape index (κ2) is 8.26. The number of nitrogens with zero attached hydrogens (tertiary/aromatic N) is 2. The summed E-state index contributed by atoms with van der Waals surface area (Å²) in [5.41, 5.74) is 4.65. The van der Waals surface area contributed by atoms with Gasteiger partial charge in [-0.3, -0.25) is 4.79 Å². The minimum atomic E-state index is -0.133. The van der Waals surface area contributed by atoms with Gasteiger partial charge in [0.15, 0.2) is 0 Å². The van der Waals surface area contributed by atoms with Crippen molar-refractivity contribution in [3.63, 3.8) is 0 Å². The highest BCUT2D eigenvalue weighted by Gasteiger charge is 2.14. The molecule has 0 atom stereocenters. The number of rotatable bonds is 4. The van der Waals surface area contributed by atoms with Crippen molar-refractivity contribution < 1.29 is 4.79 Å². The number of benzene rings is 2. The summed E-state index contributed by atoms with van der Waals surface area (Å²) in [6, 6.07) is 20.1. The summed E-state index contributed by atoms with van der Waals surface area (Å²) >= 11 is 0. The number of piperidine rings is 1. The van der Waals surface area contributed by atoms with Gasteiger partial charge in [-0.15, -0.1) is 0 Å². The lowest BCUT2D eigenvalue weighted by atomic mass is 10.0. The van der Waals surface area contributed by atoms with Crippen molar-refractivity contribution in [2.45, 2.75) is 26.2 Å². The third-order valence-electron chi connectivity index (χ3n) is 5.28. The maximum absolute atomic E-state index is 12.7. The molecule has 1 aliphatic rings. The number of carbonyl (C=O) groups excluding carboxylic acids is 1. The second-order valence-corrected chi connectivity index (χ2v) is 7.30.